The topological polar surface area (TPSA) is 72.2 Å². The van der Waals surface area contributed by atoms with Crippen molar-refractivity contribution in [3.05, 3.63) is 65.9 Å². The highest BCUT2D eigenvalue weighted by Gasteiger charge is 2.17. The molecule has 3 aromatic heterocycles. The van der Waals surface area contributed by atoms with E-state index in [0.717, 1.165) is 28.2 Å². The summed E-state index contributed by atoms with van der Waals surface area (Å²) in [4.78, 5) is 20.3. The van der Waals surface area contributed by atoms with Crippen LogP contribution < -0.4 is 5.32 Å². The van der Waals surface area contributed by atoms with E-state index in [1.807, 2.05) is 42.5 Å². The number of aromatic nitrogens is 4. The second kappa shape index (κ2) is 6.57. The van der Waals surface area contributed by atoms with Crippen LogP contribution in [0.4, 0.5) is 5.82 Å². The fraction of sp³-hybridized carbons (Fsp3) is 0.0526. The lowest BCUT2D eigenvalue weighted by molar-refractivity contribution is -0.114. The Morgan fingerprint density at radius 3 is 2.77 bits per heavy atom. The first-order chi connectivity index (χ1) is 12.6. The molecule has 0 aliphatic carbocycles. The maximum Gasteiger partial charge on any atom is 0.222 e. The van der Waals surface area contributed by atoms with Crippen LogP contribution in [-0.2, 0) is 4.79 Å². The average molecular weight is 364 g/mol. The molecule has 3 heterocycles. The summed E-state index contributed by atoms with van der Waals surface area (Å²) >= 11 is 6.17. The minimum atomic E-state index is -0.180. The Morgan fingerprint density at radius 1 is 1.08 bits per heavy atom. The van der Waals surface area contributed by atoms with Gasteiger partial charge < -0.3 is 5.32 Å². The molecule has 4 aromatic rings. The lowest BCUT2D eigenvalue weighted by Crippen LogP contribution is -2.07. The van der Waals surface area contributed by atoms with Gasteiger partial charge in [-0.3, -0.25) is 4.79 Å². The van der Waals surface area contributed by atoms with Gasteiger partial charge in [0.05, 0.1) is 5.69 Å². The third-order valence-electron chi connectivity index (χ3n) is 3.83. The zero-order valence-electron chi connectivity index (χ0n) is 13.8. The van der Waals surface area contributed by atoms with Crippen molar-refractivity contribution in [2.24, 2.45) is 0 Å². The number of imidazole rings is 1. The quantitative estimate of drug-likeness (QED) is 0.595. The number of rotatable bonds is 3. The van der Waals surface area contributed by atoms with Gasteiger partial charge in [0.25, 0.3) is 0 Å². The summed E-state index contributed by atoms with van der Waals surface area (Å²) in [5, 5.41) is 7.76. The molecule has 0 unspecified atom stereocenters. The minimum absolute atomic E-state index is 0.180. The maximum atomic E-state index is 11.4. The molecule has 0 atom stereocenters. The standard InChI is InChI=1S/C19H14ClN5O/c1-12(26)23-16-11-14(7-9-21-16)19-18(13-4-2-5-15(20)10-13)24-17-6-3-8-22-25(17)19/h2-11H,1H3,(H,21,23,26). The number of nitrogens with zero attached hydrogens (tertiary/aromatic N) is 4. The summed E-state index contributed by atoms with van der Waals surface area (Å²) in [6, 6.07) is 14.9. The van der Waals surface area contributed by atoms with Gasteiger partial charge in [-0.05, 0) is 36.4 Å². The summed E-state index contributed by atoms with van der Waals surface area (Å²) in [6.07, 6.45) is 3.35. The van der Waals surface area contributed by atoms with Gasteiger partial charge in [0.2, 0.25) is 5.91 Å². The van der Waals surface area contributed by atoms with Crippen molar-refractivity contribution in [2.45, 2.75) is 6.92 Å². The van der Waals surface area contributed by atoms with Crippen LogP contribution in [0.25, 0.3) is 28.2 Å². The molecule has 0 saturated heterocycles. The highest BCUT2D eigenvalue weighted by Crippen LogP contribution is 2.33. The highest BCUT2D eigenvalue weighted by atomic mass is 35.5. The molecule has 0 fully saturated rings. The Morgan fingerprint density at radius 2 is 1.96 bits per heavy atom. The lowest BCUT2D eigenvalue weighted by Gasteiger charge is -2.07. The Bertz CT molecular complexity index is 1120. The van der Waals surface area contributed by atoms with E-state index in [2.05, 4.69) is 15.4 Å². The van der Waals surface area contributed by atoms with Gasteiger partial charge in [-0.1, -0.05) is 23.7 Å². The second-order valence-corrected chi connectivity index (χ2v) is 6.16. The summed E-state index contributed by atoms with van der Waals surface area (Å²) in [5.74, 6) is 0.291. The number of fused-ring (bicyclic) bond motifs is 1. The first kappa shape index (κ1) is 16.2. The first-order valence-corrected chi connectivity index (χ1v) is 8.33. The van der Waals surface area contributed by atoms with Crippen LogP contribution in [0, 0.1) is 0 Å². The van der Waals surface area contributed by atoms with Gasteiger partial charge >= 0.3 is 0 Å². The monoisotopic (exact) mass is 363 g/mol. The number of anilines is 1. The molecule has 1 aromatic carbocycles. The van der Waals surface area contributed by atoms with E-state index in [9.17, 15) is 4.79 Å². The molecular formula is C19H14ClN5O. The fourth-order valence-corrected chi connectivity index (χ4v) is 3.00. The van der Waals surface area contributed by atoms with Gasteiger partial charge in [0.1, 0.15) is 11.5 Å². The van der Waals surface area contributed by atoms with Crippen LogP contribution >= 0.6 is 11.6 Å². The van der Waals surface area contributed by atoms with Crippen LogP contribution in [-0.4, -0.2) is 25.5 Å². The van der Waals surface area contributed by atoms with E-state index in [-0.39, 0.29) is 5.91 Å². The smallest absolute Gasteiger partial charge is 0.222 e. The van der Waals surface area contributed by atoms with Crippen LogP contribution in [0.5, 0.6) is 0 Å². The molecule has 0 radical (unpaired) electrons. The predicted molar refractivity (Wildman–Crippen MR) is 101 cm³/mol. The van der Waals surface area contributed by atoms with Gasteiger partial charge in [0, 0.05) is 35.5 Å². The number of amides is 1. The molecule has 6 nitrogen and oxygen atoms in total. The van der Waals surface area contributed by atoms with Crippen LogP contribution in [0.1, 0.15) is 6.92 Å². The fourth-order valence-electron chi connectivity index (χ4n) is 2.81. The molecular weight excluding hydrogens is 350 g/mol. The van der Waals surface area contributed by atoms with Crippen molar-refractivity contribution < 1.29 is 4.79 Å². The third-order valence-corrected chi connectivity index (χ3v) is 4.06. The van der Waals surface area contributed by atoms with Crippen molar-refractivity contribution in [1.29, 1.82) is 0 Å². The molecule has 0 spiro atoms. The van der Waals surface area contributed by atoms with Crippen LogP contribution in [0.3, 0.4) is 0 Å². The van der Waals surface area contributed by atoms with E-state index in [1.54, 1.807) is 23.0 Å². The molecule has 26 heavy (non-hydrogen) atoms. The molecule has 4 rings (SSSR count). The molecule has 1 amide bonds. The first-order valence-electron chi connectivity index (χ1n) is 7.95. The zero-order valence-corrected chi connectivity index (χ0v) is 14.6. The molecule has 0 aliphatic heterocycles. The number of nitrogens with one attached hydrogen (secondary N) is 1. The van der Waals surface area contributed by atoms with Gasteiger partial charge in [0.15, 0.2) is 5.65 Å². The maximum absolute atomic E-state index is 11.4. The van der Waals surface area contributed by atoms with Gasteiger partial charge in [-0.15, -0.1) is 0 Å². The number of pyridine rings is 1. The number of carbonyl (C=O) groups is 1. The van der Waals surface area contributed by atoms with Crippen molar-refractivity contribution in [3.8, 4) is 22.5 Å². The normalized spacial score (nSPS) is 10.8. The number of benzene rings is 1. The molecule has 0 aliphatic rings. The van der Waals surface area contributed by atoms with E-state index in [4.69, 9.17) is 16.6 Å². The molecule has 0 saturated carbocycles. The number of halogens is 1. The number of hydrogen-bond donors (Lipinski definition) is 1. The molecule has 0 bridgehead atoms. The van der Waals surface area contributed by atoms with Crippen molar-refractivity contribution in [3.63, 3.8) is 0 Å². The minimum Gasteiger partial charge on any atom is -0.311 e. The second-order valence-electron chi connectivity index (χ2n) is 5.72. The van der Waals surface area contributed by atoms with Crippen molar-refractivity contribution in [1.82, 2.24) is 19.6 Å². The van der Waals surface area contributed by atoms with Crippen LogP contribution in [0.2, 0.25) is 5.02 Å². The zero-order chi connectivity index (χ0) is 18.1. The Kier molecular flexibility index (Phi) is 4.10. The van der Waals surface area contributed by atoms with E-state index < -0.39 is 0 Å². The largest absolute Gasteiger partial charge is 0.311 e. The molecule has 7 heteroatoms. The van der Waals surface area contributed by atoms with Crippen molar-refractivity contribution >= 4 is 29.0 Å². The average Bonchev–Trinajstić information content (AvgIpc) is 3.01. The highest BCUT2D eigenvalue weighted by molar-refractivity contribution is 6.30. The lowest BCUT2D eigenvalue weighted by atomic mass is 10.1. The summed E-state index contributed by atoms with van der Waals surface area (Å²) in [6.45, 7) is 1.45. The Balaban J connectivity index is 1.96. The van der Waals surface area contributed by atoms with E-state index >= 15 is 0 Å². The Hall–Kier alpha value is -3.25. The van der Waals surface area contributed by atoms with E-state index in [1.165, 1.54) is 6.92 Å². The van der Waals surface area contributed by atoms with E-state index in [0.29, 0.717) is 10.8 Å². The summed E-state index contributed by atoms with van der Waals surface area (Å²) < 4.78 is 1.77. The number of carbonyl (C=O) groups excluding carboxylic acids is 1. The van der Waals surface area contributed by atoms with Crippen LogP contribution in [0.15, 0.2) is 60.9 Å². The third kappa shape index (κ3) is 3.02. The summed E-state index contributed by atoms with van der Waals surface area (Å²) in [5.41, 5.74) is 4.00. The van der Waals surface area contributed by atoms with Crippen molar-refractivity contribution in [2.75, 3.05) is 5.32 Å². The molecule has 1 N–H and O–H groups in total. The van der Waals surface area contributed by atoms with Gasteiger partial charge in [-0.2, -0.15) is 5.10 Å². The predicted octanol–water partition coefficient (Wildman–Crippen LogP) is 4.07. The molecule has 128 valence electrons. The Labute approximate surface area is 154 Å². The van der Waals surface area contributed by atoms with Gasteiger partial charge in [-0.25, -0.2) is 14.5 Å². The SMILES string of the molecule is CC(=O)Nc1cc(-c2c(-c3cccc(Cl)c3)nc3cccnn23)ccn1. The summed E-state index contributed by atoms with van der Waals surface area (Å²) in [7, 11) is 0. The number of hydrogen-bond acceptors (Lipinski definition) is 4.